The normalized spacial score (nSPS) is 16.8. The largest absolute Gasteiger partial charge is 0.495 e. The van der Waals surface area contributed by atoms with Crippen LogP contribution in [0, 0.1) is 5.92 Å². The van der Waals surface area contributed by atoms with Gasteiger partial charge in [0, 0.05) is 13.1 Å². The lowest BCUT2D eigenvalue weighted by Gasteiger charge is -2.31. The average molecular weight is 383 g/mol. The number of hydrogen-bond acceptors (Lipinski definition) is 4. The van der Waals surface area contributed by atoms with Crippen molar-refractivity contribution in [3.8, 4) is 5.75 Å². The van der Waals surface area contributed by atoms with Crippen molar-refractivity contribution >= 4 is 34.0 Å². The van der Waals surface area contributed by atoms with Crippen LogP contribution in [-0.4, -0.2) is 46.5 Å². The van der Waals surface area contributed by atoms with Crippen LogP contribution in [0.25, 0.3) is 0 Å². The van der Waals surface area contributed by atoms with E-state index in [2.05, 4.69) is 5.32 Å². The SMILES string of the molecule is CNCCC1CCN(S(=O)(=O)c2ccc(OC)c(Cl)c2)CC1.Cl. The smallest absolute Gasteiger partial charge is 0.243 e. The van der Waals surface area contributed by atoms with Gasteiger partial charge in [-0.15, -0.1) is 12.4 Å². The molecule has 0 saturated carbocycles. The van der Waals surface area contributed by atoms with E-state index in [0.29, 0.717) is 29.8 Å². The van der Waals surface area contributed by atoms with Crippen molar-refractivity contribution in [2.75, 3.05) is 33.8 Å². The minimum atomic E-state index is -3.48. The van der Waals surface area contributed by atoms with E-state index in [1.807, 2.05) is 7.05 Å². The number of nitrogens with one attached hydrogen (secondary N) is 1. The van der Waals surface area contributed by atoms with Gasteiger partial charge < -0.3 is 10.1 Å². The van der Waals surface area contributed by atoms with E-state index in [0.717, 1.165) is 25.8 Å². The molecule has 5 nitrogen and oxygen atoms in total. The van der Waals surface area contributed by atoms with E-state index in [-0.39, 0.29) is 17.3 Å². The molecule has 0 aromatic heterocycles. The van der Waals surface area contributed by atoms with E-state index in [1.165, 1.54) is 13.2 Å². The summed E-state index contributed by atoms with van der Waals surface area (Å²) in [7, 11) is -0.0330. The molecule has 8 heteroatoms. The van der Waals surface area contributed by atoms with Gasteiger partial charge in [-0.2, -0.15) is 4.31 Å². The highest BCUT2D eigenvalue weighted by atomic mass is 35.5. The molecule has 1 saturated heterocycles. The number of nitrogens with zero attached hydrogens (tertiary/aromatic N) is 1. The van der Waals surface area contributed by atoms with Crippen molar-refractivity contribution in [1.29, 1.82) is 0 Å². The maximum absolute atomic E-state index is 12.7. The molecule has 1 aromatic rings. The first kappa shape index (κ1) is 20.5. The molecule has 0 radical (unpaired) electrons. The van der Waals surface area contributed by atoms with E-state index in [1.54, 1.807) is 16.4 Å². The molecule has 0 amide bonds. The number of hydrogen-bond donors (Lipinski definition) is 1. The number of benzene rings is 1. The highest BCUT2D eigenvalue weighted by molar-refractivity contribution is 7.89. The fraction of sp³-hybridized carbons (Fsp3) is 0.600. The quantitative estimate of drug-likeness (QED) is 0.821. The maximum atomic E-state index is 12.7. The number of ether oxygens (including phenoxy) is 1. The van der Waals surface area contributed by atoms with Gasteiger partial charge in [0.25, 0.3) is 0 Å². The van der Waals surface area contributed by atoms with Crippen molar-refractivity contribution in [3.05, 3.63) is 23.2 Å². The number of halogens is 2. The third-order valence-corrected chi connectivity index (χ3v) is 6.33. The molecule has 1 fully saturated rings. The fourth-order valence-electron chi connectivity index (χ4n) is 2.74. The van der Waals surface area contributed by atoms with Crippen molar-refractivity contribution in [2.45, 2.75) is 24.2 Å². The predicted octanol–water partition coefficient (Wildman–Crippen LogP) is 2.78. The molecule has 1 aliphatic heterocycles. The van der Waals surface area contributed by atoms with Crippen molar-refractivity contribution < 1.29 is 13.2 Å². The lowest BCUT2D eigenvalue weighted by molar-refractivity contribution is 0.263. The fourth-order valence-corrected chi connectivity index (χ4v) is 4.56. The molecule has 23 heavy (non-hydrogen) atoms. The van der Waals surface area contributed by atoms with Crippen molar-refractivity contribution in [2.24, 2.45) is 5.92 Å². The van der Waals surface area contributed by atoms with Gasteiger partial charge in [0.1, 0.15) is 5.75 Å². The topological polar surface area (TPSA) is 58.6 Å². The average Bonchev–Trinajstić information content (AvgIpc) is 2.53. The summed E-state index contributed by atoms with van der Waals surface area (Å²) in [6, 6.07) is 4.60. The Kier molecular flexibility index (Phi) is 8.10. The molecule has 0 unspecified atom stereocenters. The van der Waals surface area contributed by atoms with Crippen LogP contribution in [0.3, 0.4) is 0 Å². The van der Waals surface area contributed by atoms with Crippen LogP contribution in [-0.2, 0) is 10.0 Å². The van der Waals surface area contributed by atoms with Gasteiger partial charge in [-0.3, -0.25) is 0 Å². The number of piperidine rings is 1. The molecule has 132 valence electrons. The Hall–Kier alpha value is -0.530. The van der Waals surface area contributed by atoms with Crippen LogP contribution >= 0.6 is 24.0 Å². The van der Waals surface area contributed by atoms with E-state index in [9.17, 15) is 8.42 Å². The lowest BCUT2D eigenvalue weighted by atomic mass is 9.95. The second kappa shape index (κ2) is 9.08. The van der Waals surface area contributed by atoms with E-state index < -0.39 is 10.0 Å². The summed E-state index contributed by atoms with van der Waals surface area (Å²) >= 11 is 6.04. The first-order valence-corrected chi connectivity index (χ1v) is 9.29. The maximum Gasteiger partial charge on any atom is 0.243 e. The Labute approximate surface area is 149 Å². The Morgan fingerprint density at radius 1 is 1.35 bits per heavy atom. The zero-order chi connectivity index (χ0) is 16.2. The molecule has 0 bridgehead atoms. The van der Waals surface area contributed by atoms with Crippen molar-refractivity contribution in [1.82, 2.24) is 9.62 Å². The van der Waals surface area contributed by atoms with Gasteiger partial charge in [0.15, 0.2) is 0 Å². The summed E-state index contributed by atoms with van der Waals surface area (Å²) in [5.41, 5.74) is 0. The molecule has 1 N–H and O–H groups in total. The summed E-state index contributed by atoms with van der Waals surface area (Å²) < 4.78 is 32.0. The van der Waals surface area contributed by atoms with Gasteiger partial charge in [-0.05, 0) is 57.0 Å². The molecule has 0 atom stereocenters. The lowest BCUT2D eigenvalue weighted by Crippen LogP contribution is -2.38. The van der Waals surface area contributed by atoms with Gasteiger partial charge in [0.05, 0.1) is 17.0 Å². The van der Waals surface area contributed by atoms with Crippen LogP contribution in [0.15, 0.2) is 23.1 Å². The first-order valence-electron chi connectivity index (χ1n) is 7.47. The zero-order valence-electron chi connectivity index (χ0n) is 13.4. The molecular formula is C15H24Cl2N2O3S. The Morgan fingerprint density at radius 3 is 2.52 bits per heavy atom. The van der Waals surface area contributed by atoms with Crippen LogP contribution in [0.5, 0.6) is 5.75 Å². The molecule has 0 aliphatic carbocycles. The predicted molar refractivity (Wildman–Crippen MR) is 95.3 cm³/mol. The number of rotatable bonds is 6. The number of methoxy groups -OCH3 is 1. The third-order valence-electron chi connectivity index (χ3n) is 4.14. The van der Waals surface area contributed by atoms with Gasteiger partial charge >= 0.3 is 0 Å². The summed E-state index contributed by atoms with van der Waals surface area (Å²) in [6.45, 7) is 2.12. The molecule has 1 heterocycles. The second-order valence-corrected chi connectivity index (χ2v) is 7.88. The van der Waals surface area contributed by atoms with Gasteiger partial charge in [-0.25, -0.2) is 8.42 Å². The van der Waals surface area contributed by atoms with E-state index >= 15 is 0 Å². The van der Waals surface area contributed by atoms with Gasteiger partial charge in [-0.1, -0.05) is 11.6 Å². The third kappa shape index (κ3) is 4.97. The molecule has 0 spiro atoms. The van der Waals surface area contributed by atoms with Crippen molar-refractivity contribution in [3.63, 3.8) is 0 Å². The monoisotopic (exact) mass is 382 g/mol. The molecule has 1 aromatic carbocycles. The molecular weight excluding hydrogens is 359 g/mol. The summed E-state index contributed by atoms with van der Waals surface area (Å²) in [5, 5.41) is 3.45. The minimum absolute atomic E-state index is 0. The summed E-state index contributed by atoms with van der Waals surface area (Å²) in [6.07, 6.45) is 2.91. The van der Waals surface area contributed by atoms with E-state index in [4.69, 9.17) is 16.3 Å². The Morgan fingerprint density at radius 2 is 2.00 bits per heavy atom. The molecule has 1 aliphatic rings. The molecule has 2 rings (SSSR count). The highest BCUT2D eigenvalue weighted by Crippen LogP contribution is 2.30. The van der Waals surface area contributed by atoms with Crippen LogP contribution < -0.4 is 10.1 Å². The minimum Gasteiger partial charge on any atom is -0.495 e. The summed E-state index contributed by atoms with van der Waals surface area (Å²) in [4.78, 5) is 0.229. The first-order chi connectivity index (χ1) is 10.5. The summed E-state index contributed by atoms with van der Waals surface area (Å²) in [5.74, 6) is 1.07. The van der Waals surface area contributed by atoms with Gasteiger partial charge in [0.2, 0.25) is 10.0 Å². The highest BCUT2D eigenvalue weighted by Gasteiger charge is 2.29. The standard InChI is InChI=1S/C15H23ClN2O3S.ClH/c1-17-8-5-12-6-9-18(10-7-12)22(19,20)13-3-4-15(21-2)14(16)11-13;/h3-4,11-12,17H,5-10H2,1-2H3;1H. The van der Waals surface area contributed by atoms with Crippen LogP contribution in [0.2, 0.25) is 5.02 Å². The zero-order valence-corrected chi connectivity index (χ0v) is 15.8. The number of sulfonamides is 1. The Balaban J connectivity index is 0.00000264. The second-order valence-electron chi connectivity index (χ2n) is 5.54. The van der Waals surface area contributed by atoms with Crippen LogP contribution in [0.1, 0.15) is 19.3 Å². The Bertz CT molecular complexity index is 603. The van der Waals surface area contributed by atoms with Crippen LogP contribution in [0.4, 0.5) is 0 Å².